The second-order valence-electron chi connectivity index (χ2n) is 7.29. The van der Waals surface area contributed by atoms with Crippen molar-refractivity contribution in [1.82, 2.24) is 8.87 Å². The molecule has 0 radical (unpaired) electrons. The molecule has 0 spiro atoms. The van der Waals surface area contributed by atoms with E-state index in [9.17, 15) is 13.2 Å². The summed E-state index contributed by atoms with van der Waals surface area (Å²) in [6.07, 6.45) is 1.73. The summed E-state index contributed by atoms with van der Waals surface area (Å²) in [4.78, 5) is 17.9. The number of carbonyl (C=O) groups excluding carboxylic acids is 1. The summed E-state index contributed by atoms with van der Waals surface area (Å²) in [5, 5.41) is 0. The molecular weight excluding hydrogens is 446 g/mol. The summed E-state index contributed by atoms with van der Waals surface area (Å²) in [5.41, 5.74) is 1.34. The van der Waals surface area contributed by atoms with E-state index in [2.05, 4.69) is 4.99 Å². The molecule has 0 atom stereocenters. The number of amides is 1. The smallest absolute Gasteiger partial charge is 0.279 e. The molecule has 32 heavy (non-hydrogen) atoms. The number of thiazole rings is 1. The third kappa shape index (κ3) is 5.35. The number of hydrogen-bond donors (Lipinski definition) is 0. The maximum atomic E-state index is 12.9. The first-order valence-electron chi connectivity index (χ1n) is 10.7. The van der Waals surface area contributed by atoms with Crippen molar-refractivity contribution in [3.05, 3.63) is 58.9 Å². The van der Waals surface area contributed by atoms with Crippen LogP contribution < -0.4 is 4.80 Å². The second kappa shape index (κ2) is 11.0. The maximum absolute atomic E-state index is 12.9. The van der Waals surface area contributed by atoms with Crippen LogP contribution >= 0.6 is 11.3 Å². The van der Waals surface area contributed by atoms with E-state index in [0.29, 0.717) is 36.6 Å². The van der Waals surface area contributed by atoms with Crippen LogP contribution in [0, 0.1) is 0 Å². The standard InChI is InChI=1S/C23H29N3O4S2/c1-4-6-15-25(5-2)32(28,29)19-13-11-18(12-14-19)22(27)24-23-26(16-17-30-3)20-9-7-8-10-21(20)31-23/h7-14H,4-6,15-17H2,1-3H3. The summed E-state index contributed by atoms with van der Waals surface area (Å²) in [6.45, 7) is 5.83. The van der Waals surface area contributed by atoms with Gasteiger partial charge >= 0.3 is 0 Å². The van der Waals surface area contributed by atoms with Gasteiger partial charge in [0, 0.05) is 32.3 Å². The van der Waals surface area contributed by atoms with Crippen LogP contribution in [0.1, 0.15) is 37.0 Å². The number of rotatable bonds is 10. The van der Waals surface area contributed by atoms with Crippen LogP contribution in [0.3, 0.4) is 0 Å². The maximum Gasteiger partial charge on any atom is 0.279 e. The van der Waals surface area contributed by atoms with Crippen molar-refractivity contribution in [2.24, 2.45) is 4.99 Å². The molecule has 0 saturated heterocycles. The number of fused-ring (bicyclic) bond motifs is 1. The molecule has 3 aromatic rings. The monoisotopic (exact) mass is 475 g/mol. The average molecular weight is 476 g/mol. The summed E-state index contributed by atoms with van der Waals surface area (Å²) in [7, 11) is -1.95. The van der Waals surface area contributed by atoms with E-state index in [1.807, 2.05) is 42.7 Å². The molecule has 0 N–H and O–H groups in total. The van der Waals surface area contributed by atoms with Gasteiger partial charge in [0.1, 0.15) is 0 Å². The van der Waals surface area contributed by atoms with Crippen LogP contribution in [0.25, 0.3) is 10.2 Å². The van der Waals surface area contributed by atoms with Gasteiger partial charge in [0.25, 0.3) is 5.91 Å². The number of sulfonamides is 1. The minimum absolute atomic E-state index is 0.184. The van der Waals surface area contributed by atoms with Crippen molar-refractivity contribution >= 4 is 37.5 Å². The first-order valence-corrected chi connectivity index (χ1v) is 12.9. The Morgan fingerprint density at radius 3 is 2.50 bits per heavy atom. The predicted molar refractivity (Wildman–Crippen MR) is 127 cm³/mol. The molecule has 0 bridgehead atoms. The van der Waals surface area contributed by atoms with E-state index in [4.69, 9.17) is 4.74 Å². The van der Waals surface area contributed by atoms with Crippen LogP contribution in [0.4, 0.5) is 0 Å². The number of methoxy groups -OCH3 is 1. The van der Waals surface area contributed by atoms with E-state index in [1.165, 1.54) is 39.9 Å². The lowest BCUT2D eigenvalue weighted by Crippen LogP contribution is -2.31. The minimum Gasteiger partial charge on any atom is -0.383 e. The number of hydrogen-bond acceptors (Lipinski definition) is 5. The summed E-state index contributed by atoms with van der Waals surface area (Å²) in [6, 6.07) is 13.9. The lowest BCUT2D eigenvalue weighted by molar-refractivity contribution is 0.0997. The highest BCUT2D eigenvalue weighted by Gasteiger charge is 2.22. The molecule has 3 rings (SSSR count). The van der Waals surface area contributed by atoms with Crippen LogP contribution in [0.15, 0.2) is 58.4 Å². The molecule has 0 saturated carbocycles. The Labute approximate surface area is 193 Å². The van der Waals surface area contributed by atoms with Crippen molar-refractivity contribution in [2.75, 3.05) is 26.8 Å². The minimum atomic E-state index is -3.58. The molecule has 0 aliphatic heterocycles. The molecule has 2 aromatic carbocycles. The number of unbranched alkanes of at least 4 members (excludes halogenated alkanes) is 1. The molecule has 1 aromatic heterocycles. The normalized spacial score (nSPS) is 12.7. The number of carbonyl (C=O) groups is 1. The lowest BCUT2D eigenvalue weighted by Gasteiger charge is -2.20. The Morgan fingerprint density at radius 1 is 1.12 bits per heavy atom. The van der Waals surface area contributed by atoms with Gasteiger partial charge in [0.2, 0.25) is 10.0 Å². The Kier molecular flexibility index (Phi) is 8.36. The zero-order valence-electron chi connectivity index (χ0n) is 18.7. The third-order valence-corrected chi connectivity index (χ3v) is 8.21. The van der Waals surface area contributed by atoms with Gasteiger partial charge < -0.3 is 9.30 Å². The Hall–Kier alpha value is -2.33. The fraction of sp³-hybridized carbons (Fsp3) is 0.391. The number of benzene rings is 2. The fourth-order valence-corrected chi connectivity index (χ4v) is 5.90. The van der Waals surface area contributed by atoms with Crippen molar-refractivity contribution in [2.45, 2.75) is 38.1 Å². The molecule has 1 heterocycles. The molecule has 1 amide bonds. The van der Waals surface area contributed by atoms with Crippen LogP contribution in [0.5, 0.6) is 0 Å². The zero-order valence-corrected chi connectivity index (χ0v) is 20.3. The Bertz CT molecular complexity index is 1230. The Balaban J connectivity index is 1.90. The van der Waals surface area contributed by atoms with Crippen molar-refractivity contribution in [1.29, 1.82) is 0 Å². The highest BCUT2D eigenvalue weighted by atomic mass is 32.2. The Morgan fingerprint density at radius 2 is 1.84 bits per heavy atom. The fourth-order valence-electron chi connectivity index (χ4n) is 3.36. The third-order valence-electron chi connectivity index (χ3n) is 5.16. The van der Waals surface area contributed by atoms with Gasteiger partial charge in [-0.05, 0) is 42.8 Å². The predicted octanol–water partition coefficient (Wildman–Crippen LogP) is 3.90. The van der Waals surface area contributed by atoms with Gasteiger partial charge in [0.05, 0.1) is 21.7 Å². The van der Waals surface area contributed by atoms with Crippen LogP contribution in [-0.2, 0) is 21.3 Å². The van der Waals surface area contributed by atoms with Crippen molar-refractivity contribution < 1.29 is 17.9 Å². The van der Waals surface area contributed by atoms with Crippen LogP contribution in [-0.4, -0.2) is 50.0 Å². The molecule has 0 aliphatic rings. The quantitative estimate of drug-likeness (QED) is 0.445. The molecule has 7 nitrogen and oxygen atoms in total. The highest BCUT2D eigenvalue weighted by Crippen LogP contribution is 2.19. The van der Waals surface area contributed by atoms with Gasteiger partial charge in [-0.15, -0.1) is 0 Å². The van der Waals surface area contributed by atoms with E-state index in [-0.39, 0.29) is 4.90 Å². The number of ether oxygens (including phenoxy) is 1. The summed E-state index contributed by atoms with van der Waals surface area (Å²) < 4.78 is 35.4. The van der Waals surface area contributed by atoms with Gasteiger partial charge in [-0.3, -0.25) is 4.79 Å². The van der Waals surface area contributed by atoms with Gasteiger partial charge in [0.15, 0.2) is 4.80 Å². The lowest BCUT2D eigenvalue weighted by atomic mass is 10.2. The highest BCUT2D eigenvalue weighted by molar-refractivity contribution is 7.89. The summed E-state index contributed by atoms with van der Waals surface area (Å²) in [5.74, 6) is -0.412. The molecule has 9 heteroatoms. The van der Waals surface area contributed by atoms with E-state index in [1.54, 1.807) is 7.11 Å². The SMILES string of the molecule is CCCCN(CC)S(=O)(=O)c1ccc(C(=O)N=c2sc3ccccc3n2CCOC)cc1. The number of aromatic nitrogens is 1. The molecule has 172 valence electrons. The topological polar surface area (TPSA) is 81.0 Å². The molecular formula is C23H29N3O4S2. The second-order valence-corrected chi connectivity index (χ2v) is 10.2. The van der Waals surface area contributed by atoms with Gasteiger partial charge in [-0.1, -0.05) is 43.7 Å². The number of nitrogens with zero attached hydrogens (tertiary/aromatic N) is 3. The molecule has 0 aliphatic carbocycles. The van der Waals surface area contributed by atoms with Gasteiger partial charge in [-0.25, -0.2) is 8.42 Å². The average Bonchev–Trinajstić information content (AvgIpc) is 3.14. The number of para-hydroxylation sites is 1. The van der Waals surface area contributed by atoms with E-state index >= 15 is 0 Å². The van der Waals surface area contributed by atoms with Crippen molar-refractivity contribution in [3.63, 3.8) is 0 Å². The van der Waals surface area contributed by atoms with Crippen molar-refractivity contribution in [3.8, 4) is 0 Å². The zero-order chi connectivity index (χ0) is 23.1. The van der Waals surface area contributed by atoms with Crippen LogP contribution in [0.2, 0.25) is 0 Å². The first kappa shape index (κ1) is 24.3. The molecule has 0 unspecified atom stereocenters. The van der Waals surface area contributed by atoms with E-state index in [0.717, 1.165) is 23.1 Å². The summed E-state index contributed by atoms with van der Waals surface area (Å²) >= 11 is 1.44. The first-order chi connectivity index (χ1) is 15.4. The van der Waals surface area contributed by atoms with E-state index < -0.39 is 15.9 Å². The molecule has 0 fully saturated rings. The largest absolute Gasteiger partial charge is 0.383 e. The van der Waals surface area contributed by atoms with Gasteiger partial charge in [-0.2, -0.15) is 9.30 Å².